The van der Waals surface area contributed by atoms with Crippen molar-refractivity contribution in [3.05, 3.63) is 41.1 Å². The summed E-state index contributed by atoms with van der Waals surface area (Å²) in [7, 11) is 0. The Labute approximate surface area is 94.1 Å². The van der Waals surface area contributed by atoms with Gasteiger partial charge in [-0.3, -0.25) is 0 Å². The molecule has 2 aromatic heterocycles. The standard InChI is InChI=1S/C9H5ClFN3O2/c10-7-5(11)1-3-12-8(7)14-6(9(15)16)2-4-13-14/h1-4H,(H,15,16). The Morgan fingerprint density at radius 1 is 1.44 bits per heavy atom. The van der Waals surface area contributed by atoms with E-state index in [0.29, 0.717) is 0 Å². The number of carbonyl (C=O) groups is 1. The normalized spacial score (nSPS) is 10.4. The average molecular weight is 242 g/mol. The molecule has 0 fully saturated rings. The number of hydrogen-bond donors (Lipinski definition) is 1. The Hall–Kier alpha value is -1.95. The third-order valence-electron chi connectivity index (χ3n) is 1.89. The summed E-state index contributed by atoms with van der Waals surface area (Å²) in [6.45, 7) is 0. The smallest absolute Gasteiger partial charge is 0.354 e. The maximum atomic E-state index is 13.1. The number of aromatic nitrogens is 3. The molecule has 0 unspecified atom stereocenters. The van der Waals surface area contributed by atoms with Gasteiger partial charge in [-0.15, -0.1) is 0 Å². The molecule has 0 saturated heterocycles. The lowest BCUT2D eigenvalue weighted by Crippen LogP contribution is -2.10. The van der Waals surface area contributed by atoms with E-state index in [1.165, 1.54) is 18.5 Å². The van der Waals surface area contributed by atoms with E-state index in [4.69, 9.17) is 16.7 Å². The minimum Gasteiger partial charge on any atom is -0.477 e. The zero-order chi connectivity index (χ0) is 11.7. The fourth-order valence-corrected chi connectivity index (χ4v) is 1.38. The number of carboxylic acid groups (broad SMARTS) is 1. The van der Waals surface area contributed by atoms with Crippen LogP contribution in [0.15, 0.2) is 24.5 Å². The minimum absolute atomic E-state index is 0.0518. The van der Waals surface area contributed by atoms with Crippen molar-refractivity contribution in [3.8, 4) is 5.82 Å². The summed E-state index contributed by atoms with van der Waals surface area (Å²) in [5.74, 6) is -1.93. The van der Waals surface area contributed by atoms with E-state index in [0.717, 1.165) is 10.7 Å². The molecule has 0 atom stereocenters. The van der Waals surface area contributed by atoms with Crippen molar-refractivity contribution in [2.45, 2.75) is 0 Å². The number of hydrogen-bond acceptors (Lipinski definition) is 3. The van der Waals surface area contributed by atoms with Gasteiger partial charge in [-0.25, -0.2) is 18.9 Å². The number of halogens is 2. The van der Waals surface area contributed by atoms with Gasteiger partial charge in [0, 0.05) is 6.20 Å². The monoisotopic (exact) mass is 241 g/mol. The number of rotatable bonds is 2. The second-order valence-corrected chi connectivity index (χ2v) is 3.24. The van der Waals surface area contributed by atoms with Crippen LogP contribution in [0.25, 0.3) is 5.82 Å². The molecule has 0 aliphatic rings. The van der Waals surface area contributed by atoms with Gasteiger partial charge in [0.15, 0.2) is 11.5 Å². The molecule has 1 N–H and O–H groups in total. The van der Waals surface area contributed by atoms with Gasteiger partial charge in [0.1, 0.15) is 10.8 Å². The molecule has 0 radical (unpaired) electrons. The van der Waals surface area contributed by atoms with Gasteiger partial charge in [0.25, 0.3) is 0 Å². The van der Waals surface area contributed by atoms with E-state index in [9.17, 15) is 9.18 Å². The summed E-state index contributed by atoms with van der Waals surface area (Å²) < 4.78 is 14.1. The number of carboxylic acids is 1. The molecule has 0 aromatic carbocycles. The zero-order valence-corrected chi connectivity index (χ0v) is 8.52. The lowest BCUT2D eigenvalue weighted by atomic mass is 10.4. The Morgan fingerprint density at radius 2 is 2.19 bits per heavy atom. The van der Waals surface area contributed by atoms with Crippen molar-refractivity contribution in [2.24, 2.45) is 0 Å². The number of pyridine rings is 1. The Kier molecular flexibility index (Phi) is 2.57. The van der Waals surface area contributed by atoms with Crippen LogP contribution in [0.4, 0.5) is 4.39 Å². The third-order valence-corrected chi connectivity index (χ3v) is 2.24. The predicted molar refractivity (Wildman–Crippen MR) is 53.3 cm³/mol. The second kappa shape index (κ2) is 3.90. The van der Waals surface area contributed by atoms with Crippen molar-refractivity contribution >= 4 is 17.6 Å². The van der Waals surface area contributed by atoms with Crippen LogP contribution in [0, 0.1) is 5.82 Å². The highest BCUT2D eigenvalue weighted by molar-refractivity contribution is 6.32. The molecule has 0 aliphatic heterocycles. The van der Waals surface area contributed by atoms with E-state index < -0.39 is 11.8 Å². The van der Waals surface area contributed by atoms with Gasteiger partial charge in [0.05, 0.1) is 6.20 Å². The van der Waals surface area contributed by atoms with E-state index in [1.54, 1.807) is 0 Å². The molecule has 0 spiro atoms. The van der Waals surface area contributed by atoms with Crippen LogP contribution < -0.4 is 0 Å². The molecule has 0 amide bonds. The highest BCUT2D eigenvalue weighted by atomic mass is 35.5. The molecule has 5 nitrogen and oxygen atoms in total. The quantitative estimate of drug-likeness (QED) is 0.870. The van der Waals surface area contributed by atoms with Gasteiger partial charge in [-0.1, -0.05) is 11.6 Å². The van der Waals surface area contributed by atoms with Crippen molar-refractivity contribution in [1.82, 2.24) is 14.8 Å². The molecular weight excluding hydrogens is 237 g/mol. The van der Waals surface area contributed by atoms with E-state index in [-0.39, 0.29) is 16.5 Å². The first-order valence-electron chi connectivity index (χ1n) is 4.19. The van der Waals surface area contributed by atoms with Crippen molar-refractivity contribution in [2.75, 3.05) is 0 Å². The van der Waals surface area contributed by atoms with Crippen LogP contribution in [0.1, 0.15) is 10.5 Å². The molecule has 2 aromatic rings. The first-order chi connectivity index (χ1) is 7.61. The lowest BCUT2D eigenvalue weighted by molar-refractivity contribution is 0.0687. The minimum atomic E-state index is -1.19. The first-order valence-corrected chi connectivity index (χ1v) is 4.56. The average Bonchev–Trinajstić information content (AvgIpc) is 2.70. The number of aromatic carboxylic acids is 1. The SMILES string of the molecule is O=C(O)c1ccnn1-c1nccc(F)c1Cl. The topological polar surface area (TPSA) is 68.0 Å². The fraction of sp³-hybridized carbons (Fsp3) is 0. The van der Waals surface area contributed by atoms with E-state index in [2.05, 4.69) is 10.1 Å². The maximum Gasteiger partial charge on any atom is 0.354 e. The number of nitrogens with zero attached hydrogens (tertiary/aromatic N) is 3. The summed E-state index contributed by atoms with van der Waals surface area (Å²) in [4.78, 5) is 14.6. The summed E-state index contributed by atoms with van der Waals surface area (Å²) >= 11 is 5.67. The Morgan fingerprint density at radius 3 is 2.88 bits per heavy atom. The van der Waals surface area contributed by atoms with Crippen LogP contribution in [-0.4, -0.2) is 25.8 Å². The molecule has 0 saturated carbocycles. The zero-order valence-electron chi connectivity index (χ0n) is 7.76. The first kappa shape index (κ1) is 10.6. The summed E-state index contributed by atoms with van der Waals surface area (Å²) in [5, 5.41) is 12.3. The molecule has 2 rings (SSSR count). The highest BCUT2D eigenvalue weighted by Crippen LogP contribution is 2.21. The molecule has 7 heteroatoms. The molecule has 2 heterocycles. The van der Waals surface area contributed by atoms with Gasteiger partial charge >= 0.3 is 5.97 Å². The van der Waals surface area contributed by atoms with Crippen LogP contribution in [0.3, 0.4) is 0 Å². The van der Waals surface area contributed by atoms with Crippen LogP contribution in [-0.2, 0) is 0 Å². The maximum absolute atomic E-state index is 13.1. The van der Waals surface area contributed by atoms with Gasteiger partial charge in [-0.2, -0.15) is 5.10 Å². The molecule has 16 heavy (non-hydrogen) atoms. The van der Waals surface area contributed by atoms with Crippen LogP contribution >= 0.6 is 11.6 Å². The second-order valence-electron chi connectivity index (χ2n) is 2.86. The summed E-state index contributed by atoms with van der Waals surface area (Å²) in [6.07, 6.45) is 2.45. The molecule has 0 aliphatic carbocycles. The van der Waals surface area contributed by atoms with Crippen molar-refractivity contribution in [3.63, 3.8) is 0 Å². The van der Waals surface area contributed by atoms with E-state index >= 15 is 0 Å². The van der Waals surface area contributed by atoms with Gasteiger partial charge in [-0.05, 0) is 12.1 Å². The summed E-state index contributed by atoms with van der Waals surface area (Å²) in [5.41, 5.74) is -0.139. The third kappa shape index (κ3) is 1.63. The molecule has 82 valence electrons. The highest BCUT2D eigenvalue weighted by Gasteiger charge is 2.16. The predicted octanol–water partition coefficient (Wildman–Crippen LogP) is 1.76. The van der Waals surface area contributed by atoms with Crippen LogP contribution in [0.2, 0.25) is 5.02 Å². The van der Waals surface area contributed by atoms with E-state index in [1.807, 2.05) is 0 Å². The van der Waals surface area contributed by atoms with Crippen LogP contribution in [0.5, 0.6) is 0 Å². The van der Waals surface area contributed by atoms with Gasteiger partial charge in [0.2, 0.25) is 0 Å². The molecular formula is C9H5ClFN3O2. The Balaban J connectivity index is 2.63. The molecule has 0 bridgehead atoms. The Bertz CT molecular complexity index is 555. The summed E-state index contributed by atoms with van der Waals surface area (Å²) in [6, 6.07) is 2.35. The largest absolute Gasteiger partial charge is 0.477 e. The lowest BCUT2D eigenvalue weighted by Gasteiger charge is -2.05. The van der Waals surface area contributed by atoms with Gasteiger partial charge < -0.3 is 5.11 Å². The van der Waals surface area contributed by atoms with Crippen molar-refractivity contribution < 1.29 is 14.3 Å². The van der Waals surface area contributed by atoms with Crippen molar-refractivity contribution in [1.29, 1.82) is 0 Å². The fourth-order valence-electron chi connectivity index (χ4n) is 1.19.